The molecule has 0 N–H and O–H groups in total. The Labute approximate surface area is 206 Å². The third-order valence-electron chi connectivity index (χ3n) is 5.51. The molecule has 3 aromatic rings. The summed E-state index contributed by atoms with van der Waals surface area (Å²) in [7, 11) is 0. The minimum atomic E-state index is -1.21. The lowest BCUT2D eigenvalue weighted by molar-refractivity contribution is 0.297. The van der Waals surface area contributed by atoms with E-state index in [4.69, 9.17) is 16.3 Å². The van der Waals surface area contributed by atoms with Crippen LogP contribution in [0.2, 0.25) is 5.02 Å². The van der Waals surface area contributed by atoms with Crippen LogP contribution in [0.4, 0.5) is 10.1 Å². The normalized spacial score (nSPS) is 15.3. The van der Waals surface area contributed by atoms with Crippen molar-refractivity contribution in [3.63, 3.8) is 0 Å². The summed E-state index contributed by atoms with van der Waals surface area (Å²) < 4.78 is 34.0. The number of hydrogen-bond donors (Lipinski definition) is 0. The molecule has 1 atom stereocenters. The summed E-state index contributed by atoms with van der Waals surface area (Å²) in [5, 5.41) is 4.88. The first kappa shape index (κ1) is 24.5. The van der Waals surface area contributed by atoms with Crippen molar-refractivity contribution in [1.29, 1.82) is 0 Å². The van der Waals surface area contributed by atoms with Crippen LogP contribution in [0.15, 0.2) is 65.6 Å². The Balaban J connectivity index is 1.60. The van der Waals surface area contributed by atoms with E-state index in [9.17, 15) is 13.7 Å². The van der Waals surface area contributed by atoms with Gasteiger partial charge in [0.1, 0.15) is 18.0 Å². The molecule has 1 aliphatic heterocycles. The van der Waals surface area contributed by atoms with Crippen LogP contribution in [0.1, 0.15) is 12.0 Å². The molecule has 1 aromatic heterocycles. The Bertz CT molecular complexity index is 1140. The molecular formula is C24H26ClFN4O3S. The summed E-state index contributed by atoms with van der Waals surface area (Å²) in [6.07, 6.45) is 1.91. The average molecular weight is 505 g/mol. The fourth-order valence-corrected chi connectivity index (χ4v) is 5.12. The van der Waals surface area contributed by atoms with Gasteiger partial charge >= 0.3 is 5.56 Å². The predicted molar refractivity (Wildman–Crippen MR) is 133 cm³/mol. The van der Waals surface area contributed by atoms with Crippen molar-refractivity contribution in [2.45, 2.75) is 13.0 Å². The topological polar surface area (TPSA) is 73.7 Å². The van der Waals surface area contributed by atoms with Gasteiger partial charge in [-0.15, -0.1) is 4.31 Å². The van der Waals surface area contributed by atoms with Gasteiger partial charge in [-0.2, -0.15) is 9.78 Å². The Morgan fingerprint density at radius 2 is 1.85 bits per heavy atom. The van der Waals surface area contributed by atoms with Crippen LogP contribution in [0.5, 0.6) is 5.75 Å². The van der Waals surface area contributed by atoms with Crippen molar-refractivity contribution in [1.82, 2.24) is 14.1 Å². The van der Waals surface area contributed by atoms with Crippen molar-refractivity contribution >= 4 is 28.7 Å². The first-order valence-corrected chi connectivity index (χ1v) is 12.7. The van der Waals surface area contributed by atoms with Gasteiger partial charge in [0.05, 0.1) is 31.6 Å². The molecule has 0 bridgehead atoms. The number of alkyl halides is 1. The molecule has 0 amide bonds. The smallest absolute Gasteiger partial charge is 0.316 e. The zero-order chi connectivity index (χ0) is 23.9. The van der Waals surface area contributed by atoms with Gasteiger partial charge < -0.3 is 14.2 Å². The maximum Gasteiger partial charge on any atom is 0.316 e. The van der Waals surface area contributed by atoms with Gasteiger partial charge in [0, 0.05) is 35.9 Å². The van der Waals surface area contributed by atoms with Crippen LogP contribution in [-0.2, 0) is 18.0 Å². The van der Waals surface area contributed by atoms with Crippen LogP contribution in [-0.4, -0.2) is 57.2 Å². The molecule has 2 aromatic carbocycles. The number of halogens is 2. The zero-order valence-electron chi connectivity index (χ0n) is 18.6. The van der Waals surface area contributed by atoms with Crippen LogP contribution < -0.4 is 15.2 Å². The second-order valence-electron chi connectivity index (χ2n) is 7.81. The molecule has 34 heavy (non-hydrogen) atoms. The lowest BCUT2D eigenvalue weighted by Crippen LogP contribution is -2.49. The zero-order valence-corrected chi connectivity index (χ0v) is 20.2. The SMILES string of the molecule is O=c1c(OCc2ccccc2)c(N2CCN([S@+]([O-])CCCF)CC2)cnn1-c1cccc(Cl)c1. The molecule has 1 fully saturated rings. The van der Waals surface area contributed by atoms with Crippen molar-refractivity contribution < 1.29 is 13.7 Å². The molecule has 0 aliphatic carbocycles. The van der Waals surface area contributed by atoms with E-state index in [1.54, 1.807) is 30.5 Å². The Morgan fingerprint density at radius 3 is 2.56 bits per heavy atom. The molecular weight excluding hydrogens is 479 g/mol. The lowest BCUT2D eigenvalue weighted by atomic mass is 10.2. The summed E-state index contributed by atoms with van der Waals surface area (Å²) in [6, 6.07) is 16.5. The predicted octanol–water partition coefficient (Wildman–Crippen LogP) is 3.61. The number of aromatic nitrogens is 2. The summed E-state index contributed by atoms with van der Waals surface area (Å²) in [4.78, 5) is 15.5. The van der Waals surface area contributed by atoms with E-state index in [-0.39, 0.29) is 24.3 Å². The summed E-state index contributed by atoms with van der Waals surface area (Å²) in [5.41, 5.74) is 1.69. The highest BCUT2D eigenvalue weighted by atomic mass is 35.5. The summed E-state index contributed by atoms with van der Waals surface area (Å²) >= 11 is 4.91. The number of nitrogens with zero attached hydrogens (tertiary/aromatic N) is 4. The Hall–Kier alpha value is -2.59. The molecule has 180 valence electrons. The van der Waals surface area contributed by atoms with E-state index in [1.807, 2.05) is 39.5 Å². The summed E-state index contributed by atoms with van der Waals surface area (Å²) in [6.45, 7) is 1.93. The summed E-state index contributed by atoms with van der Waals surface area (Å²) in [5.74, 6) is 0.518. The molecule has 10 heteroatoms. The Kier molecular flexibility index (Phi) is 8.44. The van der Waals surface area contributed by atoms with E-state index in [1.165, 1.54) is 4.68 Å². The fraction of sp³-hybridized carbons (Fsp3) is 0.333. The maximum atomic E-state index is 13.5. The van der Waals surface area contributed by atoms with Gasteiger partial charge in [-0.05, 0) is 23.8 Å². The van der Waals surface area contributed by atoms with Crippen molar-refractivity contribution in [3.05, 3.63) is 81.7 Å². The van der Waals surface area contributed by atoms with E-state index >= 15 is 0 Å². The molecule has 0 unspecified atom stereocenters. The first-order valence-electron chi connectivity index (χ1n) is 11.1. The van der Waals surface area contributed by atoms with E-state index < -0.39 is 18.0 Å². The maximum absolute atomic E-state index is 13.5. The number of anilines is 1. The van der Waals surface area contributed by atoms with Crippen LogP contribution in [0, 0.1) is 0 Å². The van der Waals surface area contributed by atoms with E-state index in [0.717, 1.165) is 5.56 Å². The second kappa shape index (κ2) is 11.7. The van der Waals surface area contributed by atoms with Gasteiger partial charge in [-0.3, -0.25) is 9.18 Å². The second-order valence-corrected chi connectivity index (χ2v) is 9.82. The highest BCUT2D eigenvalue weighted by Crippen LogP contribution is 2.27. The van der Waals surface area contributed by atoms with Crippen molar-refractivity contribution in [2.24, 2.45) is 0 Å². The van der Waals surface area contributed by atoms with Gasteiger partial charge in [-0.1, -0.05) is 48.0 Å². The van der Waals surface area contributed by atoms with Crippen LogP contribution >= 0.6 is 11.6 Å². The minimum absolute atomic E-state index is 0.200. The largest absolute Gasteiger partial charge is 0.598 e. The third-order valence-corrected chi connectivity index (χ3v) is 7.33. The molecule has 0 spiro atoms. The highest BCUT2D eigenvalue weighted by molar-refractivity contribution is 7.89. The molecule has 7 nitrogen and oxygen atoms in total. The minimum Gasteiger partial charge on any atom is -0.598 e. The molecule has 0 radical (unpaired) electrons. The van der Waals surface area contributed by atoms with E-state index in [2.05, 4.69) is 5.10 Å². The highest BCUT2D eigenvalue weighted by Gasteiger charge is 2.28. The molecule has 1 aliphatic rings. The molecule has 1 saturated heterocycles. The molecule has 0 saturated carbocycles. The van der Waals surface area contributed by atoms with Crippen molar-refractivity contribution in [2.75, 3.05) is 43.5 Å². The number of rotatable bonds is 9. The third kappa shape index (κ3) is 5.90. The molecule has 2 heterocycles. The lowest BCUT2D eigenvalue weighted by Gasteiger charge is -2.35. The van der Waals surface area contributed by atoms with Gasteiger partial charge in [0.15, 0.2) is 0 Å². The van der Waals surface area contributed by atoms with Gasteiger partial charge in [0.25, 0.3) is 0 Å². The molecule has 4 rings (SSSR count). The standard InChI is InChI=1S/C24H26ClFN4O3S/c25-20-8-4-9-21(16-20)30-24(31)23(33-18-19-6-2-1-3-7-19)22(17-27-30)28-11-13-29(14-12-28)34(32)15-5-10-26/h1-4,6-9,16-17H,5,10-15,18H2/t34-/m1/s1. The number of ether oxygens (including phenoxy) is 1. The first-order chi connectivity index (χ1) is 16.6. The number of hydrogen-bond acceptors (Lipinski definition) is 6. The quantitative estimate of drug-likeness (QED) is 0.414. The van der Waals surface area contributed by atoms with Crippen molar-refractivity contribution in [3.8, 4) is 11.4 Å². The van der Waals surface area contributed by atoms with Gasteiger partial charge in [-0.25, -0.2) is 0 Å². The van der Waals surface area contributed by atoms with Crippen LogP contribution in [0.25, 0.3) is 5.69 Å². The average Bonchev–Trinajstić information content (AvgIpc) is 2.87. The fourth-order valence-electron chi connectivity index (χ4n) is 3.75. The number of benzene rings is 2. The van der Waals surface area contributed by atoms with E-state index in [0.29, 0.717) is 48.3 Å². The number of piperazine rings is 1. The van der Waals surface area contributed by atoms with Gasteiger partial charge in [0.2, 0.25) is 5.75 Å². The Morgan fingerprint density at radius 1 is 1.09 bits per heavy atom. The van der Waals surface area contributed by atoms with Crippen LogP contribution in [0.3, 0.4) is 0 Å². The monoisotopic (exact) mass is 504 g/mol.